The first-order chi connectivity index (χ1) is 9.13. The van der Waals surface area contributed by atoms with Crippen LogP contribution >= 0.6 is 0 Å². The van der Waals surface area contributed by atoms with Gasteiger partial charge in [0.15, 0.2) is 5.84 Å². The molecule has 98 valence electrons. The molecule has 3 N–H and O–H groups in total. The Labute approximate surface area is 111 Å². The Kier molecular flexibility index (Phi) is 3.66. The average molecular weight is 257 g/mol. The van der Waals surface area contributed by atoms with Crippen LogP contribution in [0.1, 0.15) is 16.7 Å². The molecule has 0 saturated heterocycles. The maximum atomic E-state index is 8.84. The number of hydrogen-bond donors (Lipinski definition) is 2. The van der Waals surface area contributed by atoms with Gasteiger partial charge in [-0.05, 0) is 37.1 Å². The molecule has 0 amide bonds. The Morgan fingerprint density at radius 3 is 2.63 bits per heavy atom. The highest BCUT2D eigenvalue weighted by molar-refractivity contribution is 6.00. The van der Waals surface area contributed by atoms with Gasteiger partial charge >= 0.3 is 0 Å². The van der Waals surface area contributed by atoms with Crippen LogP contribution < -0.4 is 10.5 Å². The topological polar surface area (TPSA) is 80.7 Å². The van der Waals surface area contributed by atoms with Gasteiger partial charge in [0.05, 0.1) is 5.56 Å². The molecule has 2 rings (SSSR count). The minimum atomic E-state index is -0.0193. The van der Waals surface area contributed by atoms with Crippen LogP contribution in [0.4, 0.5) is 0 Å². The summed E-state index contributed by atoms with van der Waals surface area (Å²) in [6.45, 7) is 3.79. The van der Waals surface area contributed by atoms with Gasteiger partial charge < -0.3 is 15.7 Å². The Morgan fingerprint density at radius 2 is 1.95 bits per heavy atom. The first-order valence-electron chi connectivity index (χ1n) is 5.80. The quantitative estimate of drug-likeness (QED) is 0.383. The summed E-state index contributed by atoms with van der Waals surface area (Å²) >= 11 is 0. The van der Waals surface area contributed by atoms with Crippen LogP contribution in [0.2, 0.25) is 0 Å². The lowest BCUT2D eigenvalue weighted by molar-refractivity contribution is 0.318. The van der Waals surface area contributed by atoms with E-state index in [2.05, 4.69) is 10.1 Å². The van der Waals surface area contributed by atoms with Crippen LogP contribution in [0.25, 0.3) is 0 Å². The van der Waals surface area contributed by atoms with Crippen LogP contribution in [-0.2, 0) is 0 Å². The molecule has 0 aliphatic rings. The summed E-state index contributed by atoms with van der Waals surface area (Å²) in [5.41, 5.74) is 7.97. The van der Waals surface area contributed by atoms with Gasteiger partial charge in [-0.25, -0.2) is 4.98 Å². The van der Waals surface area contributed by atoms with Crippen LogP contribution in [-0.4, -0.2) is 16.0 Å². The lowest BCUT2D eigenvalue weighted by atomic mass is 10.1. The SMILES string of the molecule is Cc1ccccc1Oc1nccc(C)c1/C(N)=N/O. The first-order valence-corrected chi connectivity index (χ1v) is 5.80. The zero-order valence-electron chi connectivity index (χ0n) is 10.8. The summed E-state index contributed by atoms with van der Waals surface area (Å²) in [5, 5.41) is 11.9. The van der Waals surface area contributed by atoms with Crippen LogP contribution in [0.15, 0.2) is 41.7 Å². The molecule has 1 aromatic heterocycles. The molecule has 1 heterocycles. The second kappa shape index (κ2) is 5.39. The van der Waals surface area contributed by atoms with Crippen molar-refractivity contribution in [2.24, 2.45) is 10.9 Å². The molecular weight excluding hydrogens is 242 g/mol. The Hall–Kier alpha value is -2.56. The van der Waals surface area contributed by atoms with E-state index in [1.807, 2.05) is 38.1 Å². The van der Waals surface area contributed by atoms with Crippen molar-refractivity contribution in [2.75, 3.05) is 0 Å². The fourth-order valence-corrected chi connectivity index (χ4v) is 1.75. The zero-order chi connectivity index (χ0) is 13.8. The van der Waals surface area contributed by atoms with Gasteiger partial charge in [0, 0.05) is 6.20 Å². The number of pyridine rings is 1. The van der Waals surface area contributed by atoms with Crippen molar-refractivity contribution in [1.29, 1.82) is 0 Å². The third kappa shape index (κ3) is 2.65. The fourth-order valence-electron chi connectivity index (χ4n) is 1.75. The van der Waals surface area contributed by atoms with E-state index in [1.165, 1.54) is 0 Å². The Balaban J connectivity index is 2.47. The summed E-state index contributed by atoms with van der Waals surface area (Å²) in [6, 6.07) is 9.36. The standard InChI is InChI=1S/C14H15N3O2/c1-9-5-3-4-6-11(9)19-14-12(13(15)17-18)10(2)7-8-16-14/h3-8,18H,1-2H3,(H2,15,17). The lowest BCUT2D eigenvalue weighted by Gasteiger charge is -2.12. The van der Waals surface area contributed by atoms with Gasteiger partial charge in [-0.1, -0.05) is 23.4 Å². The molecule has 0 bridgehead atoms. The van der Waals surface area contributed by atoms with Gasteiger partial charge in [-0.15, -0.1) is 0 Å². The van der Waals surface area contributed by atoms with E-state index in [0.717, 1.165) is 11.1 Å². The Bertz CT molecular complexity index is 624. The zero-order valence-corrected chi connectivity index (χ0v) is 10.8. The van der Waals surface area contributed by atoms with Gasteiger partial charge in [-0.2, -0.15) is 0 Å². The smallest absolute Gasteiger partial charge is 0.230 e. The molecular formula is C14H15N3O2. The third-order valence-corrected chi connectivity index (χ3v) is 2.79. The molecule has 1 aromatic carbocycles. The number of nitrogens with two attached hydrogens (primary N) is 1. The predicted octanol–water partition coefficient (Wildman–Crippen LogP) is 2.59. The Morgan fingerprint density at radius 1 is 1.21 bits per heavy atom. The molecule has 19 heavy (non-hydrogen) atoms. The predicted molar refractivity (Wildman–Crippen MR) is 72.7 cm³/mol. The summed E-state index contributed by atoms with van der Waals surface area (Å²) in [4.78, 5) is 4.15. The molecule has 5 heteroatoms. The normalized spacial score (nSPS) is 11.4. The third-order valence-electron chi connectivity index (χ3n) is 2.79. The number of amidine groups is 1. The summed E-state index contributed by atoms with van der Waals surface area (Å²) < 4.78 is 5.76. The van der Waals surface area contributed by atoms with Gasteiger partial charge in [0.1, 0.15) is 5.75 Å². The molecule has 0 atom stereocenters. The average Bonchev–Trinajstić information content (AvgIpc) is 2.41. The maximum Gasteiger partial charge on any atom is 0.230 e. The van der Waals surface area contributed by atoms with Gasteiger partial charge in [0.25, 0.3) is 0 Å². The molecule has 0 radical (unpaired) electrons. The second-order valence-electron chi connectivity index (χ2n) is 4.16. The van der Waals surface area contributed by atoms with Crippen molar-refractivity contribution in [1.82, 2.24) is 4.98 Å². The lowest BCUT2D eigenvalue weighted by Crippen LogP contribution is -2.16. The number of aryl methyl sites for hydroxylation is 2. The van der Waals surface area contributed by atoms with Crippen molar-refractivity contribution in [3.8, 4) is 11.6 Å². The highest BCUT2D eigenvalue weighted by atomic mass is 16.5. The molecule has 0 fully saturated rings. The van der Waals surface area contributed by atoms with E-state index in [9.17, 15) is 0 Å². The number of aromatic nitrogens is 1. The number of benzene rings is 1. The molecule has 5 nitrogen and oxygen atoms in total. The molecule has 0 aliphatic carbocycles. The van der Waals surface area contributed by atoms with Crippen molar-refractivity contribution < 1.29 is 9.94 Å². The molecule has 2 aromatic rings. The molecule has 0 unspecified atom stereocenters. The van der Waals surface area contributed by atoms with Crippen molar-refractivity contribution in [2.45, 2.75) is 13.8 Å². The molecule has 0 aliphatic heterocycles. The van der Waals surface area contributed by atoms with E-state index in [1.54, 1.807) is 12.3 Å². The maximum absolute atomic E-state index is 8.84. The highest BCUT2D eigenvalue weighted by Crippen LogP contribution is 2.27. The van der Waals surface area contributed by atoms with E-state index in [-0.39, 0.29) is 5.84 Å². The number of hydrogen-bond acceptors (Lipinski definition) is 4. The monoisotopic (exact) mass is 257 g/mol. The number of nitrogens with zero attached hydrogens (tertiary/aromatic N) is 2. The number of oxime groups is 1. The van der Waals surface area contributed by atoms with E-state index in [0.29, 0.717) is 17.2 Å². The second-order valence-corrected chi connectivity index (χ2v) is 4.16. The van der Waals surface area contributed by atoms with Gasteiger partial charge in [-0.3, -0.25) is 0 Å². The van der Waals surface area contributed by atoms with E-state index < -0.39 is 0 Å². The van der Waals surface area contributed by atoms with Crippen LogP contribution in [0.5, 0.6) is 11.6 Å². The summed E-state index contributed by atoms with van der Waals surface area (Å²) in [7, 11) is 0. The molecule has 0 saturated carbocycles. The fraction of sp³-hybridized carbons (Fsp3) is 0.143. The molecule has 0 spiro atoms. The number of para-hydroxylation sites is 1. The van der Waals surface area contributed by atoms with E-state index in [4.69, 9.17) is 15.7 Å². The van der Waals surface area contributed by atoms with E-state index >= 15 is 0 Å². The van der Waals surface area contributed by atoms with Crippen molar-refractivity contribution in [3.05, 3.63) is 53.2 Å². The number of rotatable bonds is 3. The highest BCUT2D eigenvalue weighted by Gasteiger charge is 2.14. The number of ether oxygens (including phenoxy) is 1. The van der Waals surface area contributed by atoms with Gasteiger partial charge in [0.2, 0.25) is 5.88 Å². The summed E-state index contributed by atoms with van der Waals surface area (Å²) in [6.07, 6.45) is 1.62. The minimum Gasteiger partial charge on any atom is -0.438 e. The van der Waals surface area contributed by atoms with Crippen molar-refractivity contribution in [3.63, 3.8) is 0 Å². The van der Waals surface area contributed by atoms with Crippen LogP contribution in [0.3, 0.4) is 0 Å². The summed E-state index contributed by atoms with van der Waals surface area (Å²) in [5.74, 6) is 0.992. The minimum absolute atomic E-state index is 0.0193. The first kappa shape index (κ1) is 12.9. The van der Waals surface area contributed by atoms with Crippen LogP contribution in [0, 0.1) is 13.8 Å². The largest absolute Gasteiger partial charge is 0.438 e. The van der Waals surface area contributed by atoms with Crippen molar-refractivity contribution >= 4 is 5.84 Å².